The highest BCUT2D eigenvalue weighted by molar-refractivity contribution is 5.75. The smallest absolute Gasteiger partial charge is 0.416 e. The van der Waals surface area contributed by atoms with Crippen LogP contribution in [0.5, 0.6) is 0 Å². The number of halogens is 6. The minimum absolute atomic E-state index is 0.0401. The molecule has 1 saturated heterocycles. The Bertz CT molecular complexity index is 1470. The number of amides is 1. The van der Waals surface area contributed by atoms with Gasteiger partial charge in [-0.3, -0.25) is 4.90 Å². The van der Waals surface area contributed by atoms with Gasteiger partial charge in [-0.2, -0.15) is 26.3 Å². The van der Waals surface area contributed by atoms with Crippen LogP contribution in [0.2, 0.25) is 0 Å². The molecule has 2 fully saturated rings. The van der Waals surface area contributed by atoms with Crippen molar-refractivity contribution in [3.63, 3.8) is 0 Å². The number of aryl methyl sites for hydroxylation is 1. The summed E-state index contributed by atoms with van der Waals surface area (Å²) >= 11 is 0. The van der Waals surface area contributed by atoms with Crippen LogP contribution >= 0.6 is 0 Å². The fraction of sp³-hybridized carbons (Fsp3) is 0.419. The van der Waals surface area contributed by atoms with Crippen molar-refractivity contribution in [1.29, 1.82) is 0 Å². The molecule has 0 unspecified atom stereocenters. The summed E-state index contributed by atoms with van der Waals surface area (Å²) < 4.78 is 88.5. The van der Waals surface area contributed by atoms with Gasteiger partial charge in [0.1, 0.15) is 5.82 Å². The first kappa shape index (κ1) is 30.5. The van der Waals surface area contributed by atoms with E-state index in [1.807, 2.05) is 42.9 Å². The highest BCUT2D eigenvalue weighted by Gasteiger charge is 2.42. The Labute approximate surface area is 245 Å². The minimum Gasteiger partial charge on any atom is -0.434 e. The molecule has 0 N–H and O–H groups in total. The van der Waals surface area contributed by atoms with Gasteiger partial charge in [-0.25, -0.2) is 9.78 Å². The predicted molar refractivity (Wildman–Crippen MR) is 149 cm³/mol. The quantitative estimate of drug-likeness (QED) is 0.253. The van der Waals surface area contributed by atoms with Crippen LogP contribution in [0, 0.1) is 0 Å². The molecule has 2 aromatic heterocycles. The molecule has 0 spiro atoms. The Hall–Kier alpha value is -3.96. The maximum atomic E-state index is 13.5. The molecule has 230 valence electrons. The first-order valence-corrected chi connectivity index (χ1v) is 14.1. The zero-order valence-corrected chi connectivity index (χ0v) is 23.8. The number of alkyl halides is 6. The second-order valence-electron chi connectivity index (χ2n) is 11.0. The average Bonchev–Trinajstić information content (AvgIpc) is 3.51. The van der Waals surface area contributed by atoms with Gasteiger partial charge in [0.15, 0.2) is 6.10 Å². The molecule has 0 radical (unpaired) electrons. The largest absolute Gasteiger partial charge is 0.434 e. The first-order valence-electron chi connectivity index (χ1n) is 14.1. The summed E-state index contributed by atoms with van der Waals surface area (Å²) in [6.45, 7) is 6.48. The summed E-state index contributed by atoms with van der Waals surface area (Å²) in [6.07, 6.45) is -3.55. The summed E-state index contributed by atoms with van der Waals surface area (Å²) in [5, 5.41) is 0. The summed E-state index contributed by atoms with van der Waals surface area (Å²) in [4.78, 5) is 21.3. The van der Waals surface area contributed by atoms with Gasteiger partial charge >= 0.3 is 18.4 Å². The van der Waals surface area contributed by atoms with Crippen molar-refractivity contribution < 1.29 is 35.9 Å². The first-order chi connectivity index (χ1) is 20.3. The second-order valence-corrected chi connectivity index (χ2v) is 11.0. The highest BCUT2D eigenvalue weighted by atomic mass is 19.4. The number of benzene rings is 1. The number of hydrogen-bond donors (Lipinski definition) is 0. The van der Waals surface area contributed by atoms with E-state index in [-0.39, 0.29) is 24.4 Å². The molecule has 12 heteroatoms. The van der Waals surface area contributed by atoms with Gasteiger partial charge in [0, 0.05) is 48.8 Å². The van der Waals surface area contributed by atoms with Gasteiger partial charge < -0.3 is 14.2 Å². The van der Waals surface area contributed by atoms with Crippen LogP contribution in [0.15, 0.2) is 61.1 Å². The van der Waals surface area contributed by atoms with Crippen LogP contribution in [-0.2, 0) is 30.7 Å². The number of pyridine rings is 1. The zero-order valence-electron chi connectivity index (χ0n) is 23.8. The topological polar surface area (TPSA) is 50.6 Å². The molecule has 3 heterocycles. The van der Waals surface area contributed by atoms with Gasteiger partial charge in [0.05, 0.1) is 23.4 Å². The summed E-state index contributed by atoms with van der Waals surface area (Å²) in [5.74, 6) is 0.662. The van der Waals surface area contributed by atoms with E-state index in [2.05, 4.69) is 11.5 Å². The number of aromatic nitrogens is 2. The molecule has 1 atom stereocenters. The molecule has 43 heavy (non-hydrogen) atoms. The third kappa shape index (κ3) is 6.23. The lowest BCUT2D eigenvalue weighted by atomic mass is 9.93. The van der Waals surface area contributed by atoms with Gasteiger partial charge in [-0.1, -0.05) is 25.8 Å². The predicted octanol–water partition coefficient (Wildman–Crippen LogP) is 8.49. The summed E-state index contributed by atoms with van der Waals surface area (Å²) in [5.41, 5.74) is -1.19. The van der Waals surface area contributed by atoms with Crippen molar-refractivity contribution in [2.75, 3.05) is 11.4 Å². The Morgan fingerprint density at radius 3 is 2.23 bits per heavy atom. The van der Waals surface area contributed by atoms with Crippen molar-refractivity contribution in [3.05, 3.63) is 83.3 Å². The van der Waals surface area contributed by atoms with E-state index in [9.17, 15) is 31.1 Å². The number of carbonyl (C=O) groups excluding carboxylic acids is 1. The number of anilines is 1. The van der Waals surface area contributed by atoms with Crippen LogP contribution < -0.4 is 4.90 Å². The standard InChI is InChI=1S/C31H32F6N4O2/c1-4-40(25-9-6-5-7-10-25)28-22(13-21(17-38-28)26-11-8-12-39(26)3)18-41-19(2)27(43-29(41)42)20-14-23(30(32,33)34)16-24(15-20)31(35,36)37/h8,11-17,25,27H,2,4-7,9-10,18H2,1,3H3/t27-/m0/s1. The maximum absolute atomic E-state index is 13.5. The second kappa shape index (κ2) is 11.6. The van der Waals surface area contributed by atoms with Gasteiger partial charge in [-0.05, 0) is 61.7 Å². The van der Waals surface area contributed by atoms with Crippen molar-refractivity contribution in [3.8, 4) is 11.3 Å². The molecule has 6 nitrogen and oxygen atoms in total. The molecule has 0 bridgehead atoms. The van der Waals surface area contributed by atoms with Crippen molar-refractivity contribution in [2.24, 2.45) is 7.05 Å². The van der Waals surface area contributed by atoms with Gasteiger partial charge in [0.25, 0.3) is 0 Å². The van der Waals surface area contributed by atoms with Crippen LogP contribution in [0.1, 0.15) is 67.4 Å². The molecule has 1 aliphatic carbocycles. The fourth-order valence-corrected chi connectivity index (χ4v) is 5.97. The van der Waals surface area contributed by atoms with E-state index in [0.29, 0.717) is 30.1 Å². The SMILES string of the molecule is C=C1[C@@H](c2cc(C(F)(F)F)cc(C(F)(F)F)c2)OC(=O)N1Cc1cc(-c2cccn2C)cnc1N(CC)C1CCCCC1. The van der Waals surface area contributed by atoms with E-state index >= 15 is 0 Å². The Kier molecular flexibility index (Phi) is 8.24. The maximum Gasteiger partial charge on any atom is 0.416 e. The van der Waals surface area contributed by atoms with E-state index in [0.717, 1.165) is 48.3 Å². The molecule has 5 rings (SSSR count). The molecular weight excluding hydrogens is 574 g/mol. The lowest BCUT2D eigenvalue weighted by molar-refractivity contribution is -0.143. The highest BCUT2D eigenvalue weighted by Crippen LogP contribution is 2.42. The van der Waals surface area contributed by atoms with Crippen LogP contribution in [0.25, 0.3) is 11.3 Å². The molecule has 1 saturated carbocycles. The number of hydrogen-bond acceptors (Lipinski definition) is 4. The zero-order chi connectivity index (χ0) is 31.1. The Morgan fingerprint density at radius 1 is 1.02 bits per heavy atom. The van der Waals surface area contributed by atoms with Crippen LogP contribution in [0.3, 0.4) is 0 Å². The van der Waals surface area contributed by atoms with E-state index in [1.54, 1.807) is 6.20 Å². The van der Waals surface area contributed by atoms with Crippen molar-refractivity contribution >= 4 is 11.9 Å². The Balaban J connectivity index is 1.52. The molecular formula is C31H32F6N4O2. The van der Waals surface area contributed by atoms with Crippen LogP contribution in [-0.4, -0.2) is 33.1 Å². The third-order valence-corrected chi connectivity index (χ3v) is 8.14. The number of carbonyl (C=O) groups is 1. The third-order valence-electron chi connectivity index (χ3n) is 8.14. The monoisotopic (exact) mass is 606 g/mol. The lowest BCUT2D eigenvalue weighted by Gasteiger charge is -2.36. The normalized spacial score (nSPS) is 18.3. The Morgan fingerprint density at radius 2 is 1.67 bits per heavy atom. The summed E-state index contributed by atoms with van der Waals surface area (Å²) in [7, 11) is 1.89. The number of ether oxygens (including phenoxy) is 1. The summed E-state index contributed by atoms with van der Waals surface area (Å²) in [6, 6.07) is 7.13. The molecule has 2 aliphatic rings. The lowest BCUT2D eigenvalue weighted by Crippen LogP contribution is -2.38. The molecule has 3 aromatic rings. The molecule has 1 amide bonds. The average molecular weight is 607 g/mol. The van der Waals surface area contributed by atoms with E-state index < -0.39 is 41.2 Å². The molecule has 1 aliphatic heterocycles. The fourth-order valence-electron chi connectivity index (χ4n) is 5.97. The number of cyclic esters (lactones) is 1. The van der Waals surface area contributed by atoms with Crippen molar-refractivity contribution in [2.45, 2.75) is 70.1 Å². The van der Waals surface area contributed by atoms with E-state index in [4.69, 9.17) is 9.72 Å². The minimum atomic E-state index is -5.04. The number of rotatable bonds is 7. The van der Waals surface area contributed by atoms with E-state index in [1.165, 1.54) is 0 Å². The van der Waals surface area contributed by atoms with Crippen molar-refractivity contribution in [1.82, 2.24) is 14.5 Å². The number of nitrogens with zero attached hydrogens (tertiary/aromatic N) is 4. The van der Waals surface area contributed by atoms with Gasteiger partial charge in [-0.15, -0.1) is 0 Å². The van der Waals surface area contributed by atoms with Crippen LogP contribution in [0.4, 0.5) is 37.0 Å². The molecule has 1 aromatic carbocycles. The van der Waals surface area contributed by atoms with Gasteiger partial charge in [0.2, 0.25) is 0 Å².